The van der Waals surface area contributed by atoms with Gasteiger partial charge in [0.05, 0.1) is 0 Å². The molecule has 86 valence electrons. The molecule has 0 N–H and O–H groups in total. The third kappa shape index (κ3) is 6.05. The largest absolute Gasteiger partial charge is 0.295 e. The van der Waals surface area contributed by atoms with Crippen molar-refractivity contribution in [1.29, 1.82) is 0 Å². The first-order chi connectivity index (χ1) is 7.11. The normalized spacial score (nSPS) is 7.93. The number of hydrogen-bond donors (Lipinski definition) is 0. The van der Waals surface area contributed by atoms with Crippen LogP contribution in [0.25, 0.3) is 0 Å². The van der Waals surface area contributed by atoms with Crippen LogP contribution in [0.5, 0.6) is 0 Å². The van der Waals surface area contributed by atoms with Gasteiger partial charge in [0.15, 0.2) is 5.78 Å². The molecular formula is C14H24O. The van der Waals surface area contributed by atoms with E-state index in [1.54, 1.807) is 6.92 Å². The molecule has 1 nitrogen and oxygen atoms in total. The second-order valence-corrected chi connectivity index (χ2v) is 2.87. The van der Waals surface area contributed by atoms with Crippen LogP contribution in [0, 0.1) is 13.8 Å². The first-order valence-electron chi connectivity index (χ1n) is 5.69. The highest BCUT2D eigenvalue weighted by Gasteiger charge is 2.01. The first-order valence-corrected chi connectivity index (χ1v) is 5.69. The molecule has 0 saturated carbocycles. The summed E-state index contributed by atoms with van der Waals surface area (Å²) in [6.45, 7) is 13.6. The Labute approximate surface area is 94.5 Å². The van der Waals surface area contributed by atoms with E-state index in [0.29, 0.717) is 0 Å². The van der Waals surface area contributed by atoms with E-state index in [2.05, 4.69) is 0 Å². The molecule has 0 bridgehead atoms. The minimum absolute atomic E-state index is 0.141. The SMILES string of the molecule is CC.CC.CC(=O)c1ccc(C)cc1C. The molecule has 0 spiro atoms. The fourth-order valence-electron chi connectivity index (χ4n) is 1.21. The van der Waals surface area contributed by atoms with Crippen molar-refractivity contribution in [1.82, 2.24) is 0 Å². The number of benzene rings is 1. The molecular weight excluding hydrogens is 184 g/mol. The lowest BCUT2D eigenvalue weighted by atomic mass is 10.0. The Morgan fingerprint density at radius 2 is 1.47 bits per heavy atom. The summed E-state index contributed by atoms with van der Waals surface area (Å²) in [4.78, 5) is 11.0. The molecule has 1 aromatic rings. The maximum atomic E-state index is 11.0. The molecule has 0 unspecified atom stereocenters. The van der Waals surface area contributed by atoms with Gasteiger partial charge in [-0.1, -0.05) is 51.5 Å². The van der Waals surface area contributed by atoms with Crippen molar-refractivity contribution in [3.8, 4) is 0 Å². The number of hydrogen-bond acceptors (Lipinski definition) is 1. The van der Waals surface area contributed by atoms with Gasteiger partial charge in [-0.05, 0) is 26.3 Å². The number of rotatable bonds is 1. The fourth-order valence-corrected chi connectivity index (χ4v) is 1.21. The lowest BCUT2D eigenvalue weighted by Crippen LogP contribution is -1.95. The summed E-state index contributed by atoms with van der Waals surface area (Å²) in [5.74, 6) is 0.141. The highest BCUT2D eigenvalue weighted by atomic mass is 16.1. The van der Waals surface area contributed by atoms with Crippen LogP contribution in [0.15, 0.2) is 18.2 Å². The van der Waals surface area contributed by atoms with Crippen molar-refractivity contribution < 1.29 is 4.79 Å². The number of Topliss-reactive ketones (excluding diaryl/α,β-unsaturated/α-hetero) is 1. The van der Waals surface area contributed by atoms with Gasteiger partial charge < -0.3 is 0 Å². The summed E-state index contributed by atoms with van der Waals surface area (Å²) in [6, 6.07) is 5.87. The Kier molecular flexibility index (Phi) is 10.3. The van der Waals surface area contributed by atoms with Gasteiger partial charge in [0.1, 0.15) is 0 Å². The van der Waals surface area contributed by atoms with Gasteiger partial charge in [0.25, 0.3) is 0 Å². The van der Waals surface area contributed by atoms with Gasteiger partial charge in [0.2, 0.25) is 0 Å². The molecule has 0 fully saturated rings. The van der Waals surface area contributed by atoms with Crippen molar-refractivity contribution in [3.05, 3.63) is 34.9 Å². The van der Waals surface area contributed by atoms with Crippen LogP contribution < -0.4 is 0 Å². The molecule has 0 aliphatic carbocycles. The first kappa shape index (κ1) is 16.3. The number of carbonyl (C=O) groups excluding carboxylic acids is 1. The molecule has 0 aliphatic rings. The molecule has 0 aliphatic heterocycles. The Bertz CT molecular complexity index is 287. The van der Waals surface area contributed by atoms with E-state index >= 15 is 0 Å². The van der Waals surface area contributed by atoms with E-state index in [0.717, 1.165) is 11.1 Å². The van der Waals surface area contributed by atoms with Crippen molar-refractivity contribution in [3.63, 3.8) is 0 Å². The van der Waals surface area contributed by atoms with Crippen LogP contribution in [0.1, 0.15) is 56.1 Å². The van der Waals surface area contributed by atoms with Gasteiger partial charge in [0, 0.05) is 5.56 Å². The Balaban J connectivity index is 0. The number of aryl methyl sites for hydroxylation is 2. The van der Waals surface area contributed by atoms with Gasteiger partial charge in [-0.2, -0.15) is 0 Å². The second-order valence-electron chi connectivity index (χ2n) is 2.87. The van der Waals surface area contributed by atoms with Gasteiger partial charge in [-0.3, -0.25) is 4.79 Å². The predicted octanol–water partition coefficient (Wildman–Crippen LogP) is 4.56. The van der Waals surface area contributed by atoms with Crippen LogP contribution in [0.3, 0.4) is 0 Å². The zero-order valence-corrected chi connectivity index (χ0v) is 11.1. The topological polar surface area (TPSA) is 17.1 Å². The average molecular weight is 208 g/mol. The predicted molar refractivity (Wildman–Crippen MR) is 68.6 cm³/mol. The molecule has 1 rings (SSSR count). The quantitative estimate of drug-likeness (QED) is 0.618. The van der Waals surface area contributed by atoms with E-state index < -0.39 is 0 Å². The van der Waals surface area contributed by atoms with Crippen molar-refractivity contribution in [2.45, 2.75) is 48.5 Å². The van der Waals surface area contributed by atoms with Crippen molar-refractivity contribution in [2.24, 2.45) is 0 Å². The molecule has 0 atom stereocenters. The average Bonchev–Trinajstić information content (AvgIpc) is 2.23. The van der Waals surface area contributed by atoms with Crippen LogP contribution in [0.4, 0.5) is 0 Å². The molecule has 0 saturated heterocycles. The summed E-state index contributed by atoms with van der Waals surface area (Å²) in [5, 5.41) is 0. The lowest BCUT2D eigenvalue weighted by molar-refractivity contribution is 0.101. The summed E-state index contributed by atoms with van der Waals surface area (Å²) in [6.07, 6.45) is 0. The van der Waals surface area contributed by atoms with Gasteiger partial charge in [-0.25, -0.2) is 0 Å². The molecule has 0 radical (unpaired) electrons. The third-order valence-electron chi connectivity index (χ3n) is 1.76. The van der Waals surface area contributed by atoms with Gasteiger partial charge >= 0.3 is 0 Å². The Hall–Kier alpha value is -1.11. The highest BCUT2D eigenvalue weighted by Crippen LogP contribution is 2.10. The monoisotopic (exact) mass is 208 g/mol. The number of carbonyl (C=O) groups is 1. The van der Waals surface area contributed by atoms with Crippen molar-refractivity contribution in [2.75, 3.05) is 0 Å². The third-order valence-corrected chi connectivity index (χ3v) is 1.76. The molecule has 1 aromatic carbocycles. The zero-order valence-electron chi connectivity index (χ0n) is 11.1. The molecule has 0 heterocycles. The minimum Gasteiger partial charge on any atom is -0.295 e. The zero-order chi connectivity index (χ0) is 12.4. The van der Waals surface area contributed by atoms with E-state index in [1.807, 2.05) is 59.7 Å². The molecule has 0 amide bonds. The summed E-state index contributed by atoms with van der Waals surface area (Å²) in [7, 11) is 0. The van der Waals surface area contributed by atoms with E-state index in [4.69, 9.17) is 0 Å². The molecule has 0 aromatic heterocycles. The van der Waals surface area contributed by atoms with E-state index in [9.17, 15) is 4.79 Å². The smallest absolute Gasteiger partial charge is 0.160 e. The van der Waals surface area contributed by atoms with Crippen LogP contribution in [-0.2, 0) is 0 Å². The second kappa shape index (κ2) is 9.45. The highest BCUT2D eigenvalue weighted by molar-refractivity contribution is 5.95. The molecule has 15 heavy (non-hydrogen) atoms. The Morgan fingerprint density at radius 3 is 1.80 bits per heavy atom. The van der Waals surface area contributed by atoms with E-state index in [1.165, 1.54) is 5.56 Å². The van der Waals surface area contributed by atoms with Gasteiger partial charge in [-0.15, -0.1) is 0 Å². The van der Waals surface area contributed by atoms with Crippen LogP contribution in [0.2, 0.25) is 0 Å². The van der Waals surface area contributed by atoms with E-state index in [-0.39, 0.29) is 5.78 Å². The summed E-state index contributed by atoms with van der Waals surface area (Å²) >= 11 is 0. The fraction of sp³-hybridized carbons (Fsp3) is 0.500. The maximum absolute atomic E-state index is 11.0. The summed E-state index contributed by atoms with van der Waals surface area (Å²) in [5.41, 5.74) is 3.10. The minimum atomic E-state index is 0.141. The van der Waals surface area contributed by atoms with Crippen LogP contribution in [-0.4, -0.2) is 5.78 Å². The summed E-state index contributed by atoms with van der Waals surface area (Å²) < 4.78 is 0. The number of ketones is 1. The Morgan fingerprint density at radius 1 is 1.00 bits per heavy atom. The van der Waals surface area contributed by atoms with Crippen molar-refractivity contribution >= 4 is 5.78 Å². The molecule has 1 heteroatoms. The van der Waals surface area contributed by atoms with Crippen LogP contribution >= 0.6 is 0 Å². The maximum Gasteiger partial charge on any atom is 0.160 e. The lowest BCUT2D eigenvalue weighted by Gasteiger charge is -2.01. The standard InChI is InChI=1S/C10H12O.2C2H6/c1-7-4-5-10(9(3)11)8(2)6-7;2*1-2/h4-6H,1-3H3;2*1-2H3.